The van der Waals surface area contributed by atoms with E-state index < -0.39 is 0 Å². The van der Waals surface area contributed by atoms with Crippen LogP contribution in [-0.4, -0.2) is 28.1 Å². The minimum absolute atomic E-state index is 0. The molecule has 0 saturated heterocycles. The Bertz CT molecular complexity index is 609. The van der Waals surface area contributed by atoms with Gasteiger partial charge in [0.25, 0.3) is 0 Å². The molecule has 7 nitrogen and oxygen atoms in total. The summed E-state index contributed by atoms with van der Waals surface area (Å²) in [6.07, 6.45) is 0. The fourth-order valence-electron chi connectivity index (χ4n) is 1.62. The number of nitrogens with zero attached hydrogens (tertiary/aromatic N) is 4. The van der Waals surface area contributed by atoms with Crippen molar-refractivity contribution >= 4 is 41.3 Å². The highest BCUT2D eigenvalue weighted by atomic mass is 127. The number of hydrogen-bond acceptors (Lipinski definition) is 6. The summed E-state index contributed by atoms with van der Waals surface area (Å²) in [6, 6.07) is 0. The highest BCUT2D eigenvalue weighted by molar-refractivity contribution is 14.0. The summed E-state index contributed by atoms with van der Waals surface area (Å²) in [5.41, 5.74) is 1.13. The summed E-state index contributed by atoms with van der Waals surface area (Å²) in [5, 5.41) is 13.2. The first-order valence-electron chi connectivity index (χ1n) is 6.76. The van der Waals surface area contributed by atoms with Crippen molar-refractivity contribution in [3.63, 3.8) is 0 Å². The number of aryl methyl sites for hydroxylation is 1. The predicted molar refractivity (Wildman–Crippen MR) is 97.7 cm³/mol. The van der Waals surface area contributed by atoms with Gasteiger partial charge in [-0.05, 0) is 12.8 Å². The van der Waals surface area contributed by atoms with Crippen LogP contribution < -0.4 is 10.6 Å². The zero-order valence-corrected chi connectivity index (χ0v) is 16.2. The molecule has 0 saturated carbocycles. The Morgan fingerprint density at radius 3 is 2.59 bits per heavy atom. The number of aliphatic imine (C=N–C) groups is 1. The molecule has 2 N–H and O–H groups in total. The third-order valence-corrected chi connectivity index (χ3v) is 3.64. The molecular formula is C13H21IN6OS. The van der Waals surface area contributed by atoms with E-state index >= 15 is 0 Å². The van der Waals surface area contributed by atoms with Crippen LogP contribution in [0.5, 0.6) is 0 Å². The van der Waals surface area contributed by atoms with Gasteiger partial charge in [-0.15, -0.1) is 35.3 Å². The highest BCUT2D eigenvalue weighted by Crippen LogP contribution is 2.17. The second-order valence-electron chi connectivity index (χ2n) is 4.84. The van der Waals surface area contributed by atoms with E-state index in [2.05, 4.69) is 50.0 Å². The second-order valence-corrected chi connectivity index (χ2v) is 5.78. The maximum absolute atomic E-state index is 5.03. The third kappa shape index (κ3) is 5.52. The van der Waals surface area contributed by atoms with Crippen molar-refractivity contribution in [2.24, 2.45) is 4.99 Å². The number of guanidine groups is 1. The van der Waals surface area contributed by atoms with Gasteiger partial charge >= 0.3 is 0 Å². The Kier molecular flexibility index (Phi) is 7.73. The quantitative estimate of drug-likeness (QED) is 0.425. The van der Waals surface area contributed by atoms with Crippen molar-refractivity contribution in [2.75, 3.05) is 7.05 Å². The van der Waals surface area contributed by atoms with E-state index in [1.165, 1.54) is 0 Å². The van der Waals surface area contributed by atoms with Gasteiger partial charge in [0.15, 0.2) is 11.8 Å². The van der Waals surface area contributed by atoms with E-state index in [-0.39, 0.29) is 24.0 Å². The molecule has 2 rings (SSSR count). The minimum atomic E-state index is 0. The largest absolute Gasteiger partial charge is 0.350 e. The van der Waals surface area contributed by atoms with Crippen LogP contribution in [-0.2, 0) is 13.1 Å². The summed E-state index contributed by atoms with van der Waals surface area (Å²) in [7, 11) is 1.72. The van der Waals surface area contributed by atoms with Gasteiger partial charge in [0.2, 0.25) is 5.89 Å². The predicted octanol–water partition coefficient (Wildman–Crippen LogP) is 2.44. The normalized spacial score (nSPS) is 11.4. The second kappa shape index (κ2) is 9.03. The van der Waals surface area contributed by atoms with Crippen LogP contribution in [0.15, 0.2) is 14.9 Å². The van der Waals surface area contributed by atoms with Gasteiger partial charge in [-0.25, -0.2) is 4.98 Å². The molecule has 0 unspecified atom stereocenters. The molecule has 0 aliphatic carbocycles. The Morgan fingerprint density at radius 2 is 2.05 bits per heavy atom. The van der Waals surface area contributed by atoms with Crippen LogP contribution in [0.25, 0.3) is 0 Å². The molecule has 22 heavy (non-hydrogen) atoms. The smallest absolute Gasteiger partial charge is 0.246 e. The lowest BCUT2D eigenvalue weighted by Crippen LogP contribution is -2.36. The number of aromatic nitrogens is 3. The molecule has 0 spiro atoms. The molecule has 0 aliphatic rings. The maximum atomic E-state index is 5.03. The molecule has 2 aromatic rings. The minimum Gasteiger partial charge on any atom is -0.350 e. The van der Waals surface area contributed by atoms with Gasteiger partial charge in [0.05, 0.1) is 18.8 Å². The SMILES string of the molecule is CN=C(NCc1nc(C)no1)NCc1nc(C(C)C)cs1.I. The van der Waals surface area contributed by atoms with Crippen LogP contribution in [0.3, 0.4) is 0 Å². The number of rotatable bonds is 5. The molecule has 2 aromatic heterocycles. The lowest BCUT2D eigenvalue weighted by atomic mass is 10.2. The van der Waals surface area contributed by atoms with E-state index in [0.717, 1.165) is 10.7 Å². The summed E-state index contributed by atoms with van der Waals surface area (Å²) >= 11 is 1.65. The number of nitrogens with one attached hydrogen (secondary N) is 2. The fraction of sp³-hybridized carbons (Fsp3) is 0.538. The topological polar surface area (TPSA) is 88.2 Å². The maximum Gasteiger partial charge on any atom is 0.246 e. The fourth-order valence-corrected chi connectivity index (χ4v) is 2.52. The molecule has 0 atom stereocenters. The van der Waals surface area contributed by atoms with E-state index in [1.54, 1.807) is 25.3 Å². The van der Waals surface area contributed by atoms with Crippen molar-refractivity contribution in [3.8, 4) is 0 Å². The standard InChI is InChI=1S/C13H20N6OS.HI/c1-8(2)10-7-21-12(18-10)6-16-13(14-4)15-5-11-17-9(3)19-20-11;/h7-8H,5-6H2,1-4H3,(H2,14,15,16);1H. The van der Waals surface area contributed by atoms with Crippen LogP contribution in [0.2, 0.25) is 0 Å². The third-order valence-electron chi connectivity index (χ3n) is 2.77. The Balaban J connectivity index is 0.00000242. The van der Waals surface area contributed by atoms with Gasteiger partial charge in [-0.2, -0.15) is 4.98 Å². The zero-order valence-electron chi connectivity index (χ0n) is 13.1. The molecule has 0 aromatic carbocycles. The highest BCUT2D eigenvalue weighted by Gasteiger charge is 2.07. The summed E-state index contributed by atoms with van der Waals surface area (Å²) in [4.78, 5) is 12.8. The Labute approximate surface area is 151 Å². The van der Waals surface area contributed by atoms with Gasteiger partial charge in [0, 0.05) is 12.4 Å². The van der Waals surface area contributed by atoms with Crippen LogP contribution in [0, 0.1) is 6.92 Å². The summed E-state index contributed by atoms with van der Waals surface area (Å²) in [5.74, 6) is 2.28. The average Bonchev–Trinajstić information content (AvgIpc) is 3.08. The van der Waals surface area contributed by atoms with Crippen LogP contribution in [0.4, 0.5) is 0 Å². The van der Waals surface area contributed by atoms with Gasteiger partial charge in [-0.3, -0.25) is 4.99 Å². The van der Waals surface area contributed by atoms with E-state index in [4.69, 9.17) is 4.52 Å². The molecule has 2 heterocycles. The van der Waals surface area contributed by atoms with Crippen molar-refractivity contribution in [1.82, 2.24) is 25.8 Å². The van der Waals surface area contributed by atoms with E-state index in [1.807, 2.05) is 0 Å². The number of hydrogen-bond donors (Lipinski definition) is 2. The first-order chi connectivity index (χ1) is 10.1. The molecule has 0 radical (unpaired) electrons. The first kappa shape index (κ1) is 18.8. The van der Waals surface area contributed by atoms with Gasteiger partial charge in [-0.1, -0.05) is 19.0 Å². The van der Waals surface area contributed by atoms with Crippen molar-refractivity contribution < 1.29 is 4.52 Å². The zero-order chi connectivity index (χ0) is 15.2. The van der Waals surface area contributed by atoms with Crippen molar-refractivity contribution in [1.29, 1.82) is 0 Å². The molecule has 9 heteroatoms. The van der Waals surface area contributed by atoms with Crippen molar-refractivity contribution in [2.45, 2.75) is 39.8 Å². The van der Waals surface area contributed by atoms with Crippen molar-refractivity contribution in [3.05, 3.63) is 27.8 Å². The lowest BCUT2D eigenvalue weighted by molar-refractivity contribution is 0.371. The van der Waals surface area contributed by atoms with E-state index in [0.29, 0.717) is 36.7 Å². The Hall–Kier alpha value is -1.23. The monoisotopic (exact) mass is 436 g/mol. The Morgan fingerprint density at radius 1 is 1.32 bits per heavy atom. The molecule has 0 amide bonds. The molecule has 0 fully saturated rings. The molecule has 122 valence electrons. The molecule has 0 bridgehead atoms. The first-order valence-corrected chi connectivity index (χ1v) is 7.64. The van der Waals surface area contributed by atoms with Gasteiger partial charge < -0.3 is 15.2 Å². The van der Waals surface area contributed by atoms with E-state index in [9.17, 15) is 0 Å². The lowest BCUT2D eigenvalue weighted by Gasteiger charge is -2.08. The van der Waals surface area contributed by atoms with Crippen LogP contribution >= 0.6 is 35.3 Å². The van der Waals surface area contributed by atoms with Crippen LogP contribution in [0.1, 0.15) is 42.2 Å². The summed E-state index contributed by atoms with van der Waals surface area (Å²) in [6.45, 7) is 7.14. The summed E-state index contributed by atoms with van der Waals surface area (Å²) < 4.78 is 5.03. The molecule has 0 aliphatic heterocycles. The number of halogens is 1. The molecular weight excluding hydrogens is 415 g/mol. The van der Waals surface area contributed by atoms with Gasteiger partial charge in [0.1, 0.15) is 5.01 Å². The average molecular weight is 436 g/mol. The number of thiazole rings is 1.